The van der Waals surface area contributed by atoms with Gasteiger partial charge in [0.2, 0.25) is 5.91 Å². The molecule has 6 heteroatoms. The second-order valence-electron chi connectivity index (χ2n) is 9.62. The summed E-state index contributed by atoms with van der Waals surface area (Å²) in [5.74, 6) is -0.743. The minimum atomic E-state index is -0.803. The average Bonchev–Trinajstić information content (AvgIpc) is 3.15. The lowest BCUT2D eigenvalue weighted by Crippen LogP contribution is -2.57. The number of carbonyl (C=O) groups excluding carboxylic acids is 2. The van der Waals surface area contributed by atoms with Crippen molar-refractivity contribution in [1.29, 1.82) is 0 Å². The zero-order valence-electron chi connectivity index (χ0n) is 19.9. The quantitative estimate of drug-likeness (QED) is 0.482. The largest absolute Gasteiger partial charge is 0.387 e. The standard InChI is InChI=1S/C29H31N3O3/c1-19(2)20-13-15-21(16-14-20)27(33)25-18-17-24-26(32(25)30-22-9-5-3-6-10-22)29(35)31(28(24)34)23-11-7-4-8-12-23/h3-12,15,17-18,20,24-27,30,33H,1,13-14,16H2,2H3/t20-,24?,25?,26?,27?/m1/s1. The third-order valence-electron chi connectivity index (χ3n) is 7.35. The van der Waals surface area contributed by atoms with Crippen molar-refractivity contribution in [3.05, 3.63) is 96.6 Å². The molecular weight excluding hydrogens is 438 g/mol. The SMILES string of the molecule is C=C(C)[C@@H]1CC=C(C(O)C2C=CC3C(=O)N(c4ccccc4)C(=O)C3N2Nc2ccccc2)CC1. The molecule has 3 aliphatic rings. The molecule has 0 spiro atoms. The fourth-order valence-corrected chi connectivity index (χ4v) is 5.35. The number of hydrogen-bond acceptors (Lipinski definition) is 5. The van der Waals surface area contributed by atoms with Crippen LogP contribution in [0.25, 0.3) is 0 Å². The molecule has 6 nitrogen and oxygen atoms in total. The van der Waals surface area contributed by atoms with Gasteiger partial charge in [0, 0.05) is 5.69 Å². The van der Waals surface area contributed by atoms with Crippen molar-refractivity contribution in [3.8, 4) is 0 Å². The van der Waals surface area contributed by atoms with E-state index in [2.05, 4.69) is 25.0 Å². The predicted molar refractivity (Wildman–Crippen MR) is 137 cm³/mol. The van der Waals surface area contributed by atoms with Crippen LogP contribution in [-0.4, -0.2) is 40.1 Å². The van der Waals surface area contributed by atoms with Gasteiger partial charge in [-0.05, 0) is 61.9 Å². The van der Waals surface area contributed by atoms with E-state index in [4.69, 9.17) is 0 Å². The Morgan fingerprint density at radius 1 is 1.03 bits per heavy atom. The smallest absolute Gasteiger partial charge is 0.254 e. The van der Waals surface area contributed by atoms with Crippen LogP contribution in [0.4, 0.5) is 11.4 Å². The molecule has 4 unspecified atom stereocenters. The van der Waals surface area contributed by atoms with Gasteiger partial charge in [-0.15, -0.1) is 0 Å². The summed E-state index contributed by atoms with van der Waals surface area (Å²) in [5.41, 5.74) is 6.83. The van der Waals surface area contributed by atoms with Crippen LogP contribution < -0.4 is 10.3 Å². The number of fused-ring (bicyclic) bond motifs is 1. The first kappa shape index (κ1) is 23.3. The van der Waals surface area contributed by atoms with Gasteiger partial charge in [0.25, 0.3) is 5.91 Å². The summed E-state index contributed by atoms with van der Waals surface area (Å²) in [5, 5.41) is 13.3. The number of hydrogen-bond donors (Lipinski definition) is 2. The van der Waals surface area contributed by atoms with Gasteiger partial charge in [-0.3, -0.25) is 9.59 Å². The first-order valence-corrected chi connectivity index (χ1v) is 12.2. The Balaban J connectivity index is 1.48. The van der Waals surface area contributed by atoms with E-state index in [9.17, 15) is 14.7 Å². The Bertz CT molecular complexity index is 1170. The van der Waals surface area contributed by atoms with E-state index < -0.39 is 24.1 Å². The number of benzene rings is 2. The molecule has 1 fully saturated rings. The predicted octanol–water partition coefficient (Wildman–Crippen LogP) is 4.48. The molecule has 0 radical (unpaired) electrons. The van der Waals surface area contributed by atoms with E-state index in [1.54, 1.807) is 23.2 Å². The van der Waals surface area contributed by atoms with Crippen molar-refractivity contribution in [2.24, 2.45) is 11.8 Å². The third-order valence-corrected chi connectivity index (χ3v) is 7.35. The summed E-state index contributed by atoms with van der Waals surface area (Å²) in [4.78, 5) is 28.3. The summed E-state index contributed by atoms with van der Waals surface area (Å²) in [6.07, 6.45) is 7.56. The Labute approximate surface area is 206 Å². The van der Waals surface area contributed by atoms with Crippen LogP contribution in [0.5, 0.6) is 0 Å². The molecule has 0 bridgehead atoms. The molecule has 1 saturated heterocycles. The number of nitrogens with zero attached hydrogens (tertiary/aromatic N) is 2. The number of para-hydroxylation sites is 2. The topological polar surface area (TPSA) is 72.9 Å². The van der Waals surface area contributed by atoms with Crippen LogP contribution in [0.15, 0.2) is 96.6 Å². The van der Waals surface area contributed by atoms with Crippen molar-refractivity contribution in [2.45, 2.75) is 44.4 Å². The Morgan fingerprint density at radius 3 is 2.34 bits per heavy atom. The molecule has 180 valence electrons. The number of aliphatic hydroxyl groups excluding tert-OH is 1. The number of hydrazine groups is 1. The molecule has 35 heavy (non-hydrogen) atoms. The highest BCUT2D eigenvalue weighted by atomic mass is 16.3. The van der Waals surface area contributed by atoms with Crippen molar-refractivity contribution >= 4 is 23.2 Å². The molecule has 2 aromatic carbocycles. The first-order valence-electron chi connectivity index (χ1n) is 12.2. The Kier molecular flexibility index (Phi) is 6.41. The van der Waals surface area contributed by atoms with Gasteiger partial charge in [-0.1, -0.05) is 66.8 Å². The number of nitrogens with one attached hydrogen (secondary N) is 1. The Morgan fingerprint density at radius 2 is 1.71 bits per heavy atom. The number of amides is 2. The van der Waals surface area contributed by atoms with Gasteiger partial charge in [-0.25, -0.2) is 9.91 Å². The van der Waals surface area contributed by atoms with Crippen LogP contribution in [0.2, 0.25) is 0 Å². The Hall–Kier alpha value is -3.48. The number of rotatable bonds is 6. The highest BCUT2D eigenvalue weighted by Crippen LogP contribution is 2.38. The fraction of sp³-hybridized carbons (Fsp3) is 0.310. The van der Waals surface area contributed by atoms with Gasteiger partial charge in [0.05, 0.1) is 23.8 Å². The summed E-state index contributed by atoms with van der Waals surface area (Å²) >= 11 is 0. The highest BCUT2D eigenvalue weighted by molar-refractivity contribution is 6.24. The van der Waals surface area contributed by atoms with E-state index in [1.165, 1.54) is 10.5 Å². The molecular formula is C29H31N3O3. The molecule has 2 heterocycles. The maximum Gasteiger partial charge on any atom is 0.254 e. The van der Waals surface area contributed by atoms with E-state index in [1.807, 2.05) is 54.6 Å². The monoisotopic (exact) mass is 469 g/mol. The first-order chi connectivity index (χ1) is 17.0. The lowest BCUT2D eigenvalue weighted by molar-refractivity contribution is -0.123. The summed E-state index contributed by atoms with van der Waals surface area (Å²) in [6, 6.07) is 17.3. The van der Waals surface area contributed by atoms with Gasteiger partial charge >= 0.3 is 0 Å². The summed E-state index contributed by atoms with van der Waals surface area (Å²) in [7, 11) is 0. The minimum Gasteiger partial charge on any atom is -0.387 e. The second kappa shape index (κ2) is 9.64. The molecule has 2 N–H and O–H groups in total. The van der Waals surface area contributed by atoms with Crippen molar-refractivity contribution < 1.29 is 14.7 Å². The van der Waals surface area contributed by atoms with E-state index >= 15 is 0 Å². The van der Waals surface area contributed by atoms with Crippen LogP contribution in [0.1, 0.15) is 26.2 Å². The molecule has 5 rings (SSSR count). The van der Waals surface area contributed by atoms with Gasteiger partial charge < -0.3 is 10.5 Å². The highest BCUT2D eigenvalue weighted by Gasteiger charge is 2.54. The van der Waals surface area contributed by atoms with Crippen molar-refractivity contribution in [3.63, 3.8) is 0 Å². The number of allylic oxidation sites excluding steroid dienone is 2. The number of anilines is 2. The van der Waals surface area contributed by atoms with Crippen LogP contribution in [0, 0.1) is 11.8 Å². The minimum absolute atomic E-state index is 0.253. The molecule has 1 aliphatic carbocycles. The maximum absolute atomic E-state index is 13.7. The van der Waals surface area contributed by atoms with Crippen LogP contribution in [-0.2, 0) is 9.59 Å². The molecule has 2 amide bonds. The molecule has 2 aromatic rings. The van der Waals surface area contributed by atoms with Gasteiger partial charge in [-0.2, -0.15) is 0 Å². The van der Waals surface area contributed by atoms with E-state index in [-0.39, 0.29) is 11.8 Å². The molecule has 0 saturated carbocycles. The van der Waals surface area contributed by atoms with Crippen molar-refractivity contribution in [1.82, 2.24) is 5.01 Å². The molecule has 0 aromatic heterocycles. The fourth-order valence-electron chi connectivity index (χ4n) is 5.35. The van der Waals surface area contributed by atoms with Gasteiger partial charge in [0.1, 0.15) is 6.04 Å². The van der Waals surface area contributed by atoms with E-state index in [0.717, 1.165) is 30.5 Å². The maximum atomic E-state index is 13.7. The zero-order chi connectivity index (χ0) is 24.5. The molecule has 2 aliphatic heterocycles. The summed E-state index contributed by atoms with van der Waals surface area (Å²) in [6.45, 7) is 6.14. The lowest BCUT2D eigenvalue weighted by Gasteiger charge is -2.41. The summed E-state index contributed by atoms with van der Waals surface area (Å²) < 4.78 is 0. The third kappa shape index (κ3) is 4.35. The lowest BCUT2D eigenvalue weighted by atomic mass is 9.81. The number of aliphatic hydroxyl groups is 1. The normalized spacial score (nSPS) is 27.4. The van der Waals surface area contributed by atoms with E-state index in [0.29, 0.717) is 11.6 Å². The second-order valence-corrected chi connectivity index (χ2v) is 9.62. The van der Waals surface area contributed by atoms with Crippen molar-refractivity contribution in [2.75, 3.05) is 10.3 Å². The van der Waals surface area contributed by atoms with Gasteiger partial charge in [0.15, 0.2) is 0 Å². The average molecular weight is 470 g/mol. The van der Waals surface area contributed by atoms with Crippen LogP contribution >= 0.6 is 0 Å². The number of carbonyl (C=O) groups is 2. The van der Waals surface area contributed by atoms with Crippen LogP contribution in [0.3, 0.4) is 0 Å². The number of imide groups is 1. The zero-order valence-corrected chi connectivity index (χ0v) is 19.9. The molecule has 5 atom stereocenters.